The molecular formula is C13H13ClN4O3. The number of carbonyl (C=O) groups is 2. The molecule has 7 nitrogen and oxygen atoms in total. The summed E-state index contributed by atoms with van der Waals surface area (Å²) in [5, 5.41) is 14.4. The summed E-state index contributed by atoms with van der Waals surface area (Å²) in [5.41, 5.74) is 1.03. The molecule has 0 bridgehead atoms. The van der Waals surface area contributed by atoms with Crippen LogP contribution in [0.1, 0.15) is 17.3 Å². The van der Waals surface area contributed by atoms with Crippen LogP contribution in [0.4, 0.5) is 4.79 Å². The third kappa shape index (κ3) is 3.96. The number of carboxylic acid groups (broad SMARTS) is 1. The molecule has 0 unspecified atom stereocenters. The Labute approximate surface area is 125 Å². The van der Waals surface area contributed by atoms with Crippen molar-refractivity contribution in [3.8, 4) is 0 Å². The number of imidazole rings is 1. The lowest BCUT2D eigenvalue weighted by molar-refractivity contribution is -0.139. The highest BCUT2D eigenvalue weighted by Crippen LogP contribution is 2.22. The molecule has 1 aromatic carbocycles. The van der Waals surface area contributed by atoms with E-state index in [1.165, 1.54) is 6.33 Å². The molecule has 0 radical (unpaired) electrons. The number of nitrogens with zero attached hydrogens (tertiary/aromatic N) is 1. The highest BCUT2D eigenvalue weighted by molar-refractivity contribution is 6.31. The summed E-state index contributed by atoms with van der Waals surface area (Å²) in [5.74, 6) is -1.19. The summed E-state index contributed by atoms with van der Waals surface area (Å²) in [4.78, 5) is 29.7. The molecule has 0 saturated carbocycles. The van der Waals surface area contributed by atoms with Gasteiger partial charge in [0, 0.05) is 16.8 Å². The molecule has 2 aromatic rings. The Morgan fingerprint density at radius 1 is 1.38 bits per heavy atom. The van der Waals surface area contributed by atoms with Gasteiger partial charge in [0.25, 0.3) is 0 Å². The first-order valence-corrected chi connectivity index (χ1v) is 6.44. The van der Waals surface area contributed by atoms with Crippen LogP contribution in [0, 0.1) is 0 Å². The molecule has 0 aliphatic rings. The number of urea groups is 1. The number of amides is 2. The lowest BCUT2D eigenvalue weighted by Gasteiger charge is -2.16. The van der Waals surface area contributed by atoms with Crippen molar-refractivity contribution >= 4 is 23.6 Å². The molecule has 2 amide bonds. The molecule has 0 saturated heterocycles. The topological polar surface area (TPSA) is 107 Å². The van der Waals surface area contributed by atoms with Crippen LogP contribution < -0.4 is 10.6 Å². The zero-order valence-electron chi connectivity index (χ0n) is 10.8. The SMILES string of the molecule is O=C(NCc1cnc[nH]1)N[C@@H](C(=O)O)c1ccccc1Cl. The van der Waals surface area contributed by atoms with Crippen LogP contribution in [0.5, 0.6) is 0 Å². The van der Waals surface area contributed by atoms with Crippen molar-refractivity contribution in [3.63, 3.8) is 0 Å². The van der Waals surface area contributed by atoms with Gasteiger partial charge in [0.05, 0.1) is 18.6 Å². The maximum Gasteiger partial charge on any atom is 0.331 e. The minimum atomic E-state index is -1.22. The summed E-state index contributed by atoms with van der Waals surface area (Å²) >= 11 is 5.96. The highest BCUT2D eigenvalue weighted by atomic mass is 35.5. The van der Waals surface area contributed by atoms with Crippen LogP contribution in [0.25, 0.3) is 0 Å². The first-order valence-electron chi connectivity index (χ1n) is 6.07. The molecule has 4 N–H and O–H groups in total. The van der Waals surface area contributed by atoms with E-state index in [0.29, 0.717) is 11.3 Å². The van der Waals surface area contributed by atoms with Crippen LogP contribution in [-0.4, -0.2) is 27.1 Å². The number of carbonyl (C=O) groups excluding carboxylic acids is 1. The lowest BCUT2D eigenvalue weighted by Crippen LogP contribution is -2.40. The number of rotatable bonds is 5. The predicted molar refractivity (Wildman–Crippen MR) is 75.8 cm³/mol. The Bertz CT molecular complexity index is 630. The number of benzene rings is 1. The van der Waals surface area contributed by atoms with E-state index in [1.807, 2.05) is 0 Å². The van der Waals surface area contributed by atoms with Crippen molar-refractivity contribution in [2.75, 3.05) is 0 Å². The van der Waals surface area contributed by atoms with Gasteiger partial charge in [0.2, 0.25) is 0 Å². The number of aromatic amines is 1. The quantitative estimate of drug-likeness (QED) is 0.674. The van der Waals surface area contributed by atoms with Gasteiger partial charge in [0.1, 0.15) is 0 Å². The van der Waals surface area contributed by atoms with E-state index in [-0.39, 0.29) is 11.6 Å². The standard InChI is InChI=1S/C13H13ClN4O3/c14-10-4-2-1-3-9(10)11(12(19)20)18-13(21)16-6-8-5-15-7-17-8/h1-5,7,11H,6H2,(H,15,17)(H,19,20)(H2,16,18,21)/t11-/m1/s1. The number of hydrogen-bond donors (Lipinski definition) is 4. The number of aromatic nitrogens is 2. The molecule has 1 aromatic heterocycles. The molecule has 0 spiro atoms. The second kappa shape index (κ2) is 6.76. The van der Waals surface area contributed by atoms with Gasteiger partial charge in [-0.25, -0.2) is 14.6 Å². The molecule has 1 atom stereocenters. The Hall–Kier alpha value is -2.54. The van der Waals surface area contributed by atoms with E-state index in [4.69, 9.17) is 11.6 Å². The molecule has 21 heavy (non-hydrogen) atoms. The lowest BCUT2D eigenvalue weighted by atomic mass is 10.1. The van der Waals surface area contributed by atoms with Gasteiger partial charge in [-0.2, -0.15) is 0 Å². The summed E-state index contributed by atoms with van der Waals surface area (Å²) < 4.78 is 0. The fourth-order valence-electron chi connectivity index (χ4n) is 1.72. The second-order valence-corrected chi connectivity index (χ2v) is 4.60. The molecule has 1 heterocycles. The van der Waals surface area contributed by atoms with E-state index < -0.39 is 18.0 Å². The third-order valence-electron chi connectivity index (χ3n) is 2.73. The van der Waals surface area contributed by atoms with Gasteiger partial charge < -0.3 is 20.7 Å². The molecule has 0 aliphatic heterocycles. The Balaban J connectivity index is 2.01. The minimum Gasteiger partial charge on any atom is -0.479 e. The van der Waals surface area contributed by atoms with Gasteiger partial charge in [-0.1, -0.05) is 29.8 Å². The van der Waals surface area contributed by atoms with Gasteiger partial charge in [-0.05, 0) is 6.07 Å². The van der Waals surface area contributed by atoms with Crippen LogP contribution in [0.2, 0.25) is 5.02 Å². The zero-order chi connectivity index (χ0) is 15.2. The maximum atomic E-state index is 11.8. The fourth-order valence-corrected chi connectivity index (χ4v) is 1.97. The van der Waals surface area contributed by atoms with E-state index in [9.17, 15) is 14.7 Å². The van der Waals surface area contributed by atoms with Crippen molar-refractivity contribution in [2.45, 2.75) is 12.6 Å². The first kappa shape index (κ1) is 14.9. The van der Waals surface area contributed by atoms with E-state index in [0.717, 1.165) is 0 Å². The van der Waals surface area contributed by atoms with Crippen molar-refractivity contribution in [1.29, 1.82) is 0 Å². The Kier molecular flexibility index (Phi) is 4.78. The van der Waals surface area contributed by atoms with Crippen LogP contribution in [0.15, 0.2) is 36.8 Å². The number of H-pyrrole nitrogens is 1. The van der Waals surface area contributed by atoms with Crippen molar-refractivity contribution < 1.29 is 14.7 Å². The van der Waals surface area contributed by atoms with Crippen LogP contribution in [-0.2, 0) is 11.3 Å². The molecular weight excluding hydrogens is 296 g/mol. The summed E-state index contributed by atoms with van der Waals surface area (Å²) in [7, 11) is 0. The van der Waals surface area contributed by atoms with Crippen molar-refractivity contribution in [3.05, 3.63) is 53.1 Å². The summed E-state index contributed by atoms with van der Waals surface area (Å²) in [6, 6.07) is 4.62. The molecule has 110 valence electrons. The Morgan fingerprint density at radius 2 is 2.14 bits per heavy atom. The third-order valence-corrected chi connectivity index (χ3v) is 3.08. The van der Waals surface area contributed by atoms with E-state index in [2.05, 4.69) is 20.6 Å². The van der Waals surface area contributed by atoms with Crippen LogP contribution >= 0.6 is 11.6 Å². The second-order valence-electron chi connectivity index (χ2n) is 4.20. The smallest absolute Gasteiger partial charge is 0.331 e. The van der Waals surface area contributed by atoms with E-state index >= 15 is 0 Å². The van der Waals surface area contributed by atoms with Gasteiger partial charge in [0.15, 0.2) is 6.04 Å². The number of nitrogens with one attached hydrogen (secondary N) is 3. The van der Waals surface area contributed by atoms with Gasteiger partial charge in [-0.3, -0.25) is 0 Å². The first-order chi connectivity index (χ1) is 10.1. The summed E-state index contributed by atoms with van der Waals surface area (Å²) in [6.45, 7) is 0.209. The number of carboxylic acids is 1. The normalized spacial score (nSPS) is 11.7. The molecule has 8 heteroatoms. The van der Waals surface area contributed by atoms with E-state index in [1.54, 1.807) is 30.5 Å². The molecule has 2 rings (SSSR count). The largest absolute Gasteiger partial charge is 0.479 e. The number of halogens is 1. The average Bonchev–Trinajstić information content (AvgIpc) is 2.96. The average molecular weight is 309 g/mol. The highest BCUT2D eigenvalue weighted by Gasteiger charge is 2.23. The summed E-state index contributed by atoms with van der Waals surface area (Å²) in [6.07, 6.45) is 3.04. The predicted octanol–water partition coefficient (Wildman–Crippen LogP) is 1.69. The molecule has 0 fully saturated rings. The van der Waals surface area contributed by atoms with Crippen LogP contribution in [0.3, 0.4) is 0 Å². The van der Waals surface area contributed by atoms with Gasteiger partial charge in [-0.15, -0.1) is 0 Å². The minimum absolute atomic E-state index is 0.209. The monoisotopic (exact) mass is 308 g/mol. The maximum absolute atomic E-state index is 11.8. The number of aliphatic carboxylic acids is 1. The fraction of sp³-hybridized carbons (Fsp3) is 0.154. The number of hydrogen-bond acceptors (Lipinski definition) is 3. The van der Waals surface area contributed by atoms with Gasteiger partial charge >= 0.3 is 12.0 Å². The van der Waals surface area contributed by atoms with Crippen molar-refractivity contribution in [1.82, 2.24) is 20.6 Å². The van der Waals surface area contributed by atoms with Crippen molar-refractivity contribution in [2.24, 2.45) is 0 Å². The zero-order valence-corrected chi connectivity index (χ0v) is 11.6. The molecule has 0 aliphatic carbocycles. The Morgan fingerprint density at radius 3 is 2.76 bits per heavy atom.